The van der Waals surface area contributed by atoms with E-state index in [9.17, 15) is 0 Å². The molecule has 0 radical (unpaired) electrons. The van der Waals surface area contributed by atoms with Gasteiger partial charge in [-0.25, -0.2) is 0 Å². The van der Waals surface area contributed by atoms with Crippen molar-refractivity contribution in [2.75, 3.05) is 4.90 Å². The lowest BCUT2D eigenvalue weighted by Crippen LogP contribution is -2.43. The molecule has 1 nitrogen and oxygen atoms in total. The van der Waals surface area contributed by atoms with E-state index in [0.29, 0.717) is 35.0 Å². The van der Waals surface area contributed by atoms with Crippen LogP contribution in [0.25, 0.3) is 28.0 Å². The van der Waals surface area contributed by atoms with Crippen LogP contribution in [0.15, 0.2) is 53.4 Å². The van der Waals surface area contributed by atoms with Crippen LogP contribution in [0, 0.1) is 18.8 Å². The third kappa shape index (κ3) is 3.96. The molecule has 2 heteroatoms. The molecular formula is C37H45NS. The van der Waals surface area contributed by atoms with Crippen LogP contribution in [0.2, 0.25) is 0 Å². The van der Waals surface area contributed by atoms with E-state index in [0.717, 1.165) is 0 Å². The number of anilines is 1. The summed E-state index contributed by atoms with van der Waals surface area (Å²) in [6.07, 6.45) is 2.43. The van der Waals surface area contributed by atoms with E-state index in [2.05, 4.69) is 128 Å². The molecule has 0 bridgehead atoms. The Bertz CT molecular complexity index is 1450. The zero-order valence-corrected chi connectivity index (χ0v) is 26.2. The fourth-order valence-electron chi connectivity index (χ4n) is 7.69. The van der Waals surface area contributed by atoms with Gasteiger partial charge in [0.05, 0.1) is 16.8 Å². The second-order valence-electron chi connectivity index (χ2n) is 13.0. The number of aryl methyl sites for hydroxylation is 1. The molecule has 0 aromatic heterocycles. The minimum Gasteiger partial charge on any atom is -0.326 e. The zero-order chi connectivity index (χ0) is 27.7. The predicted octanol–water partition coefficient (Wildman–Crippen LogP) is 11.3. The van der Waals surface area contributed by atoms with E-state index in [1.54, 1.807) is 10.5 Å². The minimum atomic E-state index is 0.482. The van der Waals surface area contributed by atoms with Gasteiger partial charge in [0.15, 0.2) is 0 Å². The number of nitrogens with zero attached hydrogens (tertiary/aromatic N) is 1. The molecule has 0 fully saturated rings. The molecule has 3 unspecified atom stereocenters. The number of hydrogen-bond donors (Lipinski definition) is 0. The lowest BCUT2D eigenvalue weighted by atomic mass is 9.73. The highest BCUT2D eigenvalue weighted by atomic mass is 32.2. The number of allylic oxidation sites excluding steroid dienone is 1. The molecule has 3 aliphatic heterocycles. The van der Waals surface area contributed by atoms with Crippen LogP contribution < -0.4 is 4.90 Å². The molecule has 0 saturated carbocycles. The first-order valence-electron chi connectivity index (χ1n) is 15.3. The molecule has 0 amide bonds. The van der Waals surface area contributed by atoms with Crippen molar-refractivity contribution in [3.05, 3.63) is 81.3 Å². The summed E-state index contributed by atoms with van der Waals surface area (Å²) in [6, 6.07) is 19.4. The molecule has 6 rings (SSSR count). The van der Waals surface area contributed by atoms with Gasteiger partial charge in [0.25, 0.3) is 0 Å². The summed E-state index contributed by atoms with van der Waals surface area (Å²) in [5.41, 5.74) is 16.0. The van der Waals surface area contributed by atoms with Gasteiger partial charge in [-0.1, -0.05) is 97.4 Å². The third-order valence-electron chi connectivity index (χ3n) is 9.45. The highest BCUT2D eigenvalue weighted by Gasteiger charge is 2.49. The Morgan fingerprint density at radius 1 is 0.769 bits per heavy atom. The van der Waals surface area contributed by atoms with Gasteiger partial charge in [-0.05, 0) is 94.9 Å². The van der Waals surface area contributed by atoms with E-state index in [-0.39, 0.29) is 0 Å². The van der Waals surface area contributed by atoms with Gasteiger partial charge in [0.2, 0.25) is 0 Å². The second-order valence-corrected chi connectivity index (χ2v) is 14.1. The fraction of sp³-hybridized carbons (Fsp3) is 0.459. The SMILES string of the molecule is CCC1c2cc(C)cc3c2N2C(=C(C(C)C)SC2C1CC)c1ccc(-c2c(C(C)C)cccc2C(C)C)cc1-3. The molecule has 3 aliphatic rings. The summed E-state index contributed by atoms with van der Waals surface area (Å²) in [5.74, 6) is 2.76. The Labute approximate surface area is 241 Å². The van der Waals surface area contributed by atoms with Crippen LogP contribution in [-0.2, 0) is 0 Å². The van der Waals surface area contributed by atoms with Crippen molar-refractivity contribution in [3.63, 3.8) is 0 Å². The summed E-state index contributed by atoms with van der Waals surface area (Å²) in [4.78, 5) is 4.36. The van der Waals surface area contributed by atoms with E-state index in [1.165, 1.54) is 68.7 Å². The number of benzene rings is 3. The molecule has 3 atom stereocenters. The molecule has 0 aliphatic carbocycles. The van der Waals surface area contributed by atoms with Crippen molar-refractivity contribution in [3.8, 4) is 22.3 Å². The van der Waals surface area contributed by atoms with Crippen molar-refractivity contribution in [2.45, 2.75) is 98.3 Å². The average Bonchev–Trinajstić information content (AvgIpc) is 3.32. The molecular weight excluding hydrogens is 490 g/mol. The van der Waals surface area contributed by atoms with Gasteiger partial charge in [-0.3, -0.25) is 0 Å². The van der Waals surface area contributed by atoms with E-state index < -0.39 is 0 Å². The Hall–Kier alpha value is -2.45. The molecule has 3 aromatic carbocycles. The van der Waals surface area contributed by atoms with Gasteiger partial charge in [-0.15, -0.1) is 11.8 Å². The fourth-order valence-corrected chi connectivity index (χ4v) is 9.42. The van der Waals surface area contributed by atoms with Crippen LogP contribution in [0.3, 0.4) is 0 Å². The summed E-state index contributed by atoms with van der Waals surface area (Å²) in [7, 11) is 0. The molecule has 39 heavy (non-hydrogen) atoms. The Morgan fingerprint density at radius 3 is 2.05 bits per heavy atom. The molecule has 0 N–H and O–H groups in total. The van der Waals surface area contributed by atoms with Gasteiger partial charge in [0.1, 0.15) is 0 Å². The van der Waals surface area contributed by atoms with Crippen molar-refractivity contribution in [1.82, 2.24) is 0 Å². The Kier molecular flexibility index (Phi) is 6.78. The first-order valence-corrected chi connectivity index (χ1v) is 16.2. The third-order valence-corrected chi connectivity index (χ3v) is 11.2. The maximum atomic E-state index is 2.79. The molecule has 3 aromatic rings. The summed E-state index contributed by atoms with van der Waals surface area (Å²) in [6.45, 7) is 21.2. The van der Waals surface area contributed by atoms with E-state index in [1.807, 2.05) is 0 Å². The minimum absolute atomic E-state index is 0.482. The Morgan fingerprint density at radius 2 is 1.46 bits per heavy atom. The number of rotatable bonds is 6. The van der Waals surface area contributed by atoms with Crippen LogP contribution >= 0.6 is 11.8 Å². The largest absolute Gasteiger partial charge is 0.326 e. The van der Waals surface area contributed by atoms with Crippen molar-refractivity contribution in [2.24, 2.45) is 11.8 Å². The first-order chi connectivity index (χ1) is 18.7. The maximum absolute atomic E-state index is 2.79. The van der Waals surface area contributed by atoms with Crippen molar-refractivity contribution >= 4 is 23.1 Å². The number of fused-ring (bicyclic) bond motifs is 3. The normalized spacial score (nSPS) is 21.3. The topological polar surface area (TPSA) is 3.24 Å². The lowest BCUT2D eigenvalue weighted by molar-refractivity contribution is 0.375. The highest BCUT2D eigenvalue weighted by molar-refractivity contribution is 8.04. The monoisotopic (exact) mass is 535 g/mol. The molecule has 204 valence electrons. The van der Waals surface area contributed by atoms with Crippen LogP contribution in [0.4, 0.5) is 5.69 Å². The summed E-state index contributed by atoms with van der Waals surface area (Å²) < 4.78 is 0. The molecule has 3 heterocycles. The predicted molar refractivity (Wildman–Crippen MR) is 173 cm³/mol. The molecule has 0 spiro atoms. The Balaban J connectivity index is 1.68. The quantitative estimate of drug-likeness (QED) is 0.309. The van der Waals surface area contributed by atoms with Gasteiger partial charge in [0, 0.05) is 16.0 Å². The second kappa shape index (κ2) is 9.88. The van der Waals surface area contributed by atoms with Crippen molar-refractivity contribution in [1.29, 1.82) is 0 Å². The summed E-state index contributed by atoms with van der Waals surface area (Å²) in [5, 5.41) is 0.503. The van der Waals surface area contributed by atoms with Gasteiger partial charge < -0.3 is 4.90 Å². The van der Waals surface area contributed by atoms with E-state index in [4.69, 9.17) is 0 Å². The first kappa shape index (κ1) is 26.8. The van der Waals surface area contributed by atoms with E-state index >= 15 is 0 Å². The average molecular weight is 536 g/mol. The zero-order valence-electron chi connectivity index (χ0n) is 25.4. The number of thioether (sulfide) groups is 1. The smallest absolute Gasteiger partial charge is 0.0877 e. The highest BCUT2D eigenvalue weighted by Crippen LogP contribution is 2.63. The standard InChI is InChI=1S/C37H45NS/c1-10-25-26(11-2)37-38-34-31(25)17-23(9)18-32(34)30-19-24(15-16-29(30)35(38)36(39-37)22(7)8)33-27(20(3)4)13-12-14-28(33)21(5)6/h12-22,25-26,37H,10-11H2,1-9H3. The lowest BCUT2D eigenvalue weighted by Gasteiger charge is -2.47. The van der Waals surface area contributed by atoms with Crippen LogP contribution in [0.5, 0.6) is 0 Å². The van der Waals surface area contributed by atoms with Crippen LogP contribution in [0.1, 0.15) is 114 Å². The molecule has 0 saturated heterocycles. The summed E-state index contributed by atoms with van der Waals surface area (Å²) >= 11 is 2.17. The maximum Gasteiger partial charge on any atom is 0.0877 e. The van der Waals surface area contributed by atoms with Crippen LogP contribution in [-0.4, -0.2) is 5.37 Å². The van der Waals surface area contributed by atoms with Gasteiger partial charge in [-0.2, -0.15) is 0 Å². The number of hydrogen-bond acceptors (Lipinski definition) is 2. The van der Waals surface area contributed by atoms with Crippen molar-refractivity contribution < 1.29 is 0 Å². The van der Waals surface area contributed by atoms with Gasteiger partial charge >= 0.3 is 0 Å².